The van der Waals surface area contributed by atoms with Crippen LogP contribution < -0.4 is 14.9 Å². The van der Waals surface area contributed by atoms with Crippen LogP contribution >= 0.6 is 22.9 Å². The summed E-state index contributed by atoms with van der Waals surface area (Å²) < 4.78 is 4.43. The van der Waals surface area contributed by atoms with E-state index in [0.717, 1.165) is 57.9 Å². The number of aryl methyl sites for hydroxylation is 2. The van der Waals surface area contributed by atoms with Crippen LogP contribution in [0.2, 0.25) is 5.02 Å². The Labute approximate surface area is 250 Å². The smallest absolute Gasteiger partial charge is 0.271 e. The minimum Gasteiger partial charge on any atom is -0.318 e. The molecule has 0 unspecified atom stereocenters. The van der Waals surface area contributed by atoms with Gasteiger partial charge in [-0.3, -0.25) is 19.5 Å². The number of thiazole rings is 1. The van der Waals surface area contributed by atoms with Gasteiger partial charge in [-0.15, -0.1) is 0 Å². The molecule has 0 spiro atoms. The molecular formula is C33H25ClN4O3S. The van der Waals surface area contributed by atoms with Crippen molar-refractivity contribution in [1.29, 1.82) is 0 Å². The van der Waals surface area contributed by atoms with E-state index in [0.29, 0.717) is 14.4 Å². The summed E-state index contributed by atoms with van der Waals surface area (Å²) in [5.74, 6) is 0. The number of hydrogen-bond donors (Lipinski definition) is 0. The maximum Gasteiger partial charge on any atom is 0.271 e. The molecule has 0 saturated heterocycles. The van der Waals surface area contributed by atoms with Gasteiger partial charge in [0.15, 0.2) is 4.80 Å². The van der Waals surface area contributed by atoms with Crippen molar-refractivity contribution < 1.29 is 4.92 Å². The molecule has 5 aromatic rings. The Morgan fingerprint density at radius 3 is 2.52 bits per heavy atom. The highest BCUT2D eigenvalue weighted by atomic mass is 35.5. The van der Waals surface area contributed by atoms with E-state index >= 15 is 0 Å². The van der Waals surface area contributed by atoms with E-state index in [9.17, 15) is 14.9 Å². The van der Waals surface area contributed by atoms with Gasteiger partial charge in [0.1, 0.15) is 0 Å². The highest BCUT2D eigenvalue weighted by Crippen LogP contribution is 2.42. The van der Waals surface area contributed by atoms with E-state index in [-0.39, 0.29) is 17.3 Å². The molecule has 7 nitrogen and oxygen atoms in total. The lowest BCUT2D eigenvalue weighted by Crippen LogP contribution is -2.38. The third-order valence-electron chi connectivity index (χ3n) is 8.15. The predicted octanol–water partition coefficient (Wildman–Crippen LogP) is 6.29. The van der Waals surface area contributed by atoms with Gasteiger partial charge in [-0.25, -0.2) is 4.99 Å². The number of aromatic nitrogens is 2. The summed E-state index contributed by atoms with van der Waals surface area (Å²) in [6.45, 7) is 3.97. The first-order chi connectivity index (χ1) is 20.3. The fraction of sp³-hybridized carbons (Fsp3) is 0.152. The van der Waals surface area contributed by atoms with E-state index in [1.54, 1.807) is 16.7 Å². The van der Waals surface area contributed by atoms with E-state index in [1.807, 2.05) is 60.9 Å². The molecule has 2 aromatic heterocycles. The zero-order chi connectivity index (χ0) is 29.1. The summed E-state index contributed by atoms with van der Waals surface area (Å²) >= 11 is 8.14. The monoisotopic (exact) mass is 592 g/mol. The average Bonchev–Trinajstić information content (AvgIpc) is 3.45. The van der Waals surface area contributed by atoms with Crippen molar-refractivity contribution in [2.24, 2.45) is 4.99 Å². The Kier molecular flexibility index (Phi) is 6.33. The van der Waals surface area contributed by atoms with E-state index < -0.39 is 4.92 Å². The van der Waals surface area contributed by atoms with Crippen LogP contribution in [0.1, 0.15) is 46.1 Å². The molecule has 3 aromatic carbocycles. The van der Waals surface area contributed by atoms with Crippen molar-refractivity contribution in [1.82, 2.24) is 9.13 Å². The molecule has 0 N–H and O–H groups in total. The Balaban J connectivity index is 1.41. The zero-order valence-electron chi connectivity index (χ0n) is 22.9. The van der Waals surface area contributed by atoms with Crippen LogP contribution in [0, 0.1) is 24.0 Å². The van der Waals surface area contributed by atoms with Crippen LogP contribution in [-0.2, 0) is 6.42 Å². The molecule has 0 radical (unpaired) electrons. The first kappa shape index (κ1) is 26.4. The van der Waals surface area contributed by atoms with Crippen LogP contribution in [0.25, 0.3) is 17.5 Å². The number of nitrogens with zero attached hydrogens (tertiary/aromatic N) is 4. The van der Waals surface area contributed by atoms with Crippen LogP contribution in [0.3, 0.4) is 0 Å². The molecule has 0 bridgehead atoms. The summed E-state index contributed by atoms with van der Waals surface area (Å²) in [6.07, 6.45) is 3.60. The van der Waals surface area contributed by atoms with Crippen molar-refractivity contribution in [3.8, 4) is 5.69 Å². The van der Waals surface area contributed by atoms with Gasteiger partial charge >= 0.3 is 0 Å². The maximum absolute atomic E-state index is 14.2. The minimum absolute atomic E-state index is 0.0425. The molecule has 208 valence electrons. The Hall–Kier alpha value is -4.53. The summed E-state index contributed by atoms with van der Waals surface area (Å²) in [4.78, 5) is 30.6. The van der Waals surface area contributed by atoms with Crippen LogP contribution in [0.15, 0.2) is 94.2 Å². The van der Waals surface area contributed by atoms with Gasteiger partial charge in [0.2, 0.25) is 0 Å². The highest BCUT2D eigenvalue weighted by molar-refractivity contribution is 7.07. The van der Waals surface area contributed by atoms with Crippen molar-refractivity contribution >= 4 is 40.4 Å². The van der Waals surface area contributed by atoms with Gasteiger partial charge in [-0.05, 0) is 79.3 Å². The van der Waals surface area contributed by atoms with Gasteiger partial charge in [-0.1, -0.05) is 65.4 Å². The number of halogens is 1. The fourth-order valence-electron chi connectivity index (χ4n) is 6.19. The molecule has 9 heteroatoms. The average molecular weight is 593 g/mol. The standard InChI is InChI=1S/C33H25ClN4O3S/c1-19-17-22(20(2)36(19)23-12-14-24(15-13-23)38(40)41)18-29-32(39)37-31(26-9-5-6-10-28(26)34)27-16-11-21-7-3-4-8-25(21)30(27)35-33(37)42-29/h3-10,12-15,17-18,31H,11,16H2,1-2H3/b29-18-/t31-/m0/s1. The number of allylic oxidation sites excluding steroid dienone is 1. The number of nitro groups is 1. The molecule has 7 rings (SSSR count). The fourth-order valence-corrected chi connectivity index (χ4v) is 7.42. The third-order valence-corrected chi connectivity index (χ3v) is 9.48. The van der Waals surface area contributed by atoms with Crippen molar-refractivity contribution in [2.75, 3.05) is 0 Å². The second kappa shape index (κ2) is 10.1. The highest BCUT2D eigenvalue weighted by Gasteiger charge is 2.33. The number of nitro benzene ring substituents is 1. The Morgan fingerprint density at radius 1 is 1.02 bits per heavy atom. The number of non-ortho nitro benzene ring substituents is 1. The molecule has 0 saturated carbocycles. The topological polar surface area (TPSA) is 82.4 Å². The zero-order valence-corrected chi connectivity index (χ0v) is 24.4. The minimum atomic E-state index is -0.406. The van der Waals surface area contributed by atoms with Gasteiger partial charge in [0.25, 0.3) is 11.2 Å². The van der Waals surface area contributed by atoms with Crippen molar-refractivity contribution in [3.05, 3.63) is 153 Å². The maximum atomic E-state index is 14.2. The molecule has 2 aliphatic rings. The van der Waals surface area contributed by atoms with Crippen LogP contribution in [0.4, 0.5) is 5.69 Å². The van der Waals surface area contributed by atoms with Crippen molar-refractivity contribution in [2.45, 2.75) is 32.7 Å². The van der Waals surface area contributed by atoms with Crippen LogP contribution in [-0.4, -0.2) is 14.1 Å². The molecule has 42 heavy (non-hydrogen) atoms. The van der Waals surface area contributed by atoms with Gasteiger partial charge in [-0.2, -0.15) is 0 Å². The molecule has 0 fully saturated rings. The van der Waals surface area contributed by atoms with Gasteiger partial charge in [0, 0.05) is 39.8 Å². The molecular weight excluding hydrogens is 568 g/mol. The number of fused-ring (bicyclic) bond motifs is 3. The number of hydrogen-bond acceptors (Lipinski definition) is 5. The Bertz CT molecular complexity index is 2140. The predicted molar refractivity (Wildman–Crippen MR) is 166 cm³/mol. The molecule has 1 aliphatic carbocycles. The summed E-state index contributed by atoms with van der Waals surface area (Å²) in [5, 5.41) is 11.7. The summed E-state index contributed by atoms with van der Waals surface area (Å²) in [6, 6.07) is 24.2. The quantitative estimate of drug-likeness (QED) is 0.182. The largest absolute Gasteiger partial charge is 0.318 e. The van der Waals surface area contributed by atoms with Gasteiger partial charge < -0.3 is 4.57 Å². The first-order valence-electron chi connectivity index (χ1n) is 13.6. The van der Waals surface area contributed by atoms with E-state index in [2.05, 4.69) is 18.2 Å². The lowest BCUT2D eigenvalue weighted by atomic mass is 9.83. The number of benzene rings is 3. The molecule has 1 aliphatic heterocycles. The molecule has 1 atom stereocenters. The van der Waals surface area contributed by atoms with Crippen molar-refractivity contribution in [3.63, 3.8) is 0 Å². The van der Waals surface area contributed by atoms with Crippen LogP contribution in [0.5, 0.6) is 0 Å². The Morgan fingerprint density at radius 2 is 1.76 bits per heavy atom. The molecule has 3 heterocycles. The van der Waals surface area contributed by atoms with E-state index in [1.165, 1.54) is 29.0 Å². The second-order valence-corrected chi connectivity index (χ2v) is 12.0. The summed E-state index contributed by atoms with van der Waals surface area (Å²) in [7, 11) is 0. The third kappa shape index (κ3) is 4.18. The van der Waals surface area contributed by atoms with E-state index in [4.69, 9.17) is 16.6 Å². The first-order valence-corrected chi connectivity index (χ1v) is 14.8. The normalized spacial score (nSPS) is 16.1. The SMILES string of the molecule is Cc1cc(/C=c2\sc3n(c2=O)[C@@H](c2ccccc2Cl)C2=C(N=3)c3ccccc3CC2)c(C)n1-c1ccc([N+](=O)[O-])cc1. The van der Waals surface area contributed by atoms with Gasteiger partial charge in [0.05, 0.1) is 21.2 Å². The lowest BCUT2D eigenvalue weighted by Gasteiger charge is -2.31. The second-order valence-electron chi connectivity index (χ2n) is 10.6. The summed E-state index contributed by atoms with van der Waals surface area (Å²) in [5.41, 5.74) is 8.87. The lowest BCUT2D eigenvalue weighted by molar-refractivity contribution is -0.384. The molecule has 0 amide bonds. The number of rotatable bonds is 4.